The molecule has 3 rings (SSSR count). The maximum atomic E-state index is 10.9. The number of non-ortho nitro benzene ring substituents is 1. The molecule has 0 unspecified atom stereocenters. The van der Waals surface area contributed by atoms with Crippen molar-refractivity contribution in [3.05, 3.63) is 33.9 Å². The number of morpholine rings is 1. The van der Waals surface area contributed by atoms with Crippen LogP contribution in [0.25, 0.3) is 0 Å². The van der Waals surface area contributed by atoms with E-state index in [1.54, 1.807) is 6.07 Å². The SMILES string of the molecule is N#Cc1cc([N+](=O)[O-])ccc1NC[C@H]([C@H]1CCOC1)N1CCOCC1. The molecule has 2 aliphatic heterocycles. The molecule has 1 aromatic rings. The largest absolute Gasteiger partial charge is 0.382 e. The molecule has 0 saturated carbocycles. The number of hydrogen-bond acceptors (Lipinski definition) is 7. The minimum Gasteiger partial charge on any atom is -0.382 e. The Hall–Kier alpha value is -2.21. The number of nitriles is 1. The molecule has 2 heterocycles. The Kier molecular flexibility index (Phi) is 5.81. The Morgan fingerprint density at radius 2 is 2.16 bits per heavy atom. The summed E-state index contributed by atoms with van der Waals surface area (Å²) in [6.45, 7) is 5.42. The molecule has 8 nitrogen and oxygen atoms in total. The fourth-order valence-electron chi connectivity index (χ4n) is 3.47. The van der Waals surface area contributed by atoms with Crippen molar-refractivity contribution in [3.63, 3.8) is 0 Å². The van der Waals surface area contributed by atoms with Gasteiger partial charge in [-0.25, -0.2) is 0 Å². The summed E-state index contributed by atoms with van der Waals surface area (Å²) in [4.78, 5) is 12.8. The number of nitrogens with one attached hydrogen (secondary N) is 1. The lowest BCUT2D eigenvalue weighted by atomic mass is 9.96. The van der Waals surface area contributed by atoms with Crippen LogP contribution in [0.5, 0.6) is 0 Å². The van der Waals surface area contributed by atoms with Gasteiger partial charge in [-0.2, -0.15) is 5.26 Å². The highest BCUT2D eigenvalue weighted by molar-refractivity contribution is 5.61. The molecule has 134 valence electrons. The summed E-state index contributed by atoms with van der Waals surface area (Å²) in [5.74, 6) is 0.439. The second kappa shape index (κ2) is 8.25. The Labute approximate surface area is 146 Å². The number of nitro benzene ring substituents is 1. The Morgan fingerprint density at radius 1 is 1.36 bits per heavy atom. The summed E-state index contributed by atoms with van der Waals surface area (Å²) < 4.78 is 11.0. The van der Waals surface area contributed by atoms with Gasteiger partial charge in [0.2, 0.25) is 0 Å². The first-order valence-electron chi connectivity index (χ1n) is 8.51. The molecule has 0 bridgehead atoms. The molecule has 2 saturated heterocycles. The molecule has 1 aromatic carbocycles. The maximum absolute atomic E-state index is 10.9. The highest BCUT2D eigenvalue weighted by atomic mass is 16.6. The molecule has 2 aliphatic rings. The van der Waals surface area contributed by atoms with Crippen molar-refractivity contribution in [3.8, 4) is 6.07 Å². The summed E-state index contributed by atoms with van der Waals surface area (Å²) in [7, 11) is 0. The Balaban J connectivity index is 1.72. The zero-order chi connectivity index (χ0) is 17.6. The third-order valence-electron chi connectivity index (χ3n) is 4.86. The Bertz CT molecular complexity index is 649. The van der Waals surface area contributed by atoms with E-state index in [0.29, 0.717) is 18.2 Å². The predicted octanol–water partition coefficient (Wildman–Crippen LogP) is 1.62. The monoisotopic (exact) mass is 346 g/mol. The standard InChI is InChI=1S/C17H22N4O4/c18-10-14-9-15(21(22)23)1-2-16(14)19-11-17(13-3-6-25-12-13)20-4-7-24-8-5-20/h1-2,9,13,17,19H,3-8,11-12H2/t13-,17+/m0/s1. The first-order valence-corrected chi connectivity index (χ1v) is 8.51. The maximum Gasteiger partial charge on any atom is 0.270 e. The topological polar surface area (TPSA) is 101 Å². The molecular weight excluding hydrogens is 324 g/mol. The fourth-order valence-corrected chi connectivity index (χ4v) is 3.47. The van der Waals surface area contributed by atoms with Gasteiger partial charge in [-0.15, -0.1) is 0 Å². The zero-order valence-corrected chi connectivity index (χ0v) is 14.0. The number of nitro groups is 1. The fraction of sp³-hybridized carbons (Fsp3) is 0.588. The Morgan fingerprint density at radius 3 is 2.80 bits per heavy atom. The van der Waals surface area contributed by atoms with Crippen molar-refractivity contribution in [2.24, 2.45) is 5.92 Å². The van der Waals surface area contributed by atoms with Gasteiger partial charge in [0, 0.05) is 50.3 Å². The molecular formula is C17H22N4O4. The molecule has 25 heavy (non-hydrogen) atoms. The lowest BCUT2D eigenvalue weighted by Gasteiger charge is -2.37. The van der Waals surface area contributed by atoms with Crippen LogP contribution in [-0.4, -0.2) is 61.9 Å². The molecule has 0 aromatic heterocycles. The quantitative estimate of drug-likeness (QED) is 0.617. The molecule has 2 fully saturated rings. The first-order chi connectivity index (χ1) is 12.2. The van der Waals surface area contributed by atoms with E-state index in [-0.39, 0.29) is 17.3 Å². The lowest BCUT2D eigenvalue weighted by molar-refractivity contribution is -0.384. The highest BCUT2D eigenvalue weighted by Gasteiger charge is 2.31. The van der Waals surface area contributed by atoms with Crippen LogP contribution in [0.4, 0.5) is 11.4 Å². The van der Waals surface area contributed by atoms with Gasteiger partial charge >= 0.3 is 0 Å². The number of rotatable bonds is 6. The second-order valence-corrected chi connectivity index (χ2v) is 6.32. The van der Waals surface area contributed by atoms with Crippen molar-refractivity contribution >= 4 is 11.4 Å². The zero-order valence-electron chi connectivity index (χ0n) is 14.0. The number of hydrogen-bond donors (Lipinski definition) is 1. The van der Waals surface area contributed by atoms with E-state index in [1.165, 1.54) is 12.1 Å². The number of nitrogens with zero attached hydrogens (tertiary/aromatic N) is 3. The molecule has 2 atom stereocenters. The lowest BCUT2D eigenvalue weighted by Crippen LogP contribution is -2.50. The normalized spacial score (nSPS) is 22.3. The second-order valence-electron chi connectivity index (χ2n) is 6.32. The predicted molar refractivity (Wildman–Crippen MR) is 91.4 cm³/mol. The molecule has 8 heteroatoms. The summed E-state index contributed by atoms with van der Waals surface area (Å²) in [6.07, 6.45) is 1.02. The average molecular weight is 346 g/mol. The number of ether oxygens (including phenoxy) is 2. The van der Waals surface area contributed by atoms with E-state index in [1.807, 2.05) is 6.07 Å². The smallest absolute Gasteiger partial charge is 0.270 e. The van der Waals surface area contributed by atoms with Gasteiger partial charge in [-0.05, 0) is 12.5 Å². The number of benzene rings is 1. The van der Waals surface area contributed by atoms with Gasteiger partial charge in [-0.3, -0.25) is 15.0 Å². The van der Waals surface area contributed by atoms with Gasteiger partial charge in [-0.1, -0.05) is 0 Å². The summed E-state index contributed by atoms with van der Waals surface area (Å²) in [5.41, 5.74) is 0.846. The molecule has 0 radical (unpaired) electrons. The number of anilines is 1. The van der Waals surface area contributed by atoms with Gasteiger partial charge in [0.25, 0.3) is 5.69 Å². The third kappa shape index (κ3) is 4.25. The van der Waals surface area contributed by atoms with Crippen LogP contribution in [0.3, 0.4) is 0 Å². The van der Waals surface area contributed by atoms with E-state index in [0.717, 1.165) is 45.9 Å². The molecule has 0 spiro atoms. The molecule has 0 aliphatic carbocycles. The van der Waals surface area contributed by atoms with E-state index >= 15 is 0 Å². The molecule has 1 N–H and O–H groups in total. The minimum absolute atomic E-state index is 0.0731. The average Bonchev–Trinajstić information content (AvgIpc) is 3.17. The van der Waals surface area contributed by atoms with Crippen molar-refractivity contribution in [2.45, 2.75) is 12.5 Å². The van der Waals surface area contributed by atoms with E-state index in [4.69, 9.17) is 9.47 Å². The van der Waals surface area contributed by atoms with Gasteiger partial charge in [0.1, 0.15) is 6.07 Å². The highest BCUT2D eigenvalue weighted by Crippen LogP contribution is 2.25. The van der Waals surface area contributed by atoms with Crippen LogP contribution >= 0.6 is 0 Å². The molecule has 0 amide bonds. The van der Waals surface area contributed by atoms with Crippen molar-refractivity contribution in [1.29, 1.82) is 5.26 Å². The van der Waals surface area contributed by atoms with Crippen LogP contribution in [0.1, 0.15) is 12.0 Å². The van der Waals surface area contributed by atoms with Crippen molar-refractivity contribution in [2.75, 3.05) is 51.4 Å². The van der Waals surface area contributed by atoms with Crippen LogP contribution in [0, 0.1) is 27.4 Å². The van der Waals surface area contributed by atoms with Crippen LogP contribution in [0.2, 0.25) is 0 Å². The van der Waals surface area contributed by atoms with Crippen LogP contribution in [-0.2, 0) is 9.47 Å². The van der Waals surface area contributed by atoms with Gasteiger partial charge in [0.15, 0.2) is 0 Å². The van der Waals surface area contributed by atoms with Crippen molar-refractivity contribution in [1.82, 2.24) is 4.90 Å². The van der Waals surface area contributed by atoms with E-state index in [2.05, 4.69) is 10.2 Å². The van der Waals surface area contributed by atoms with Gasteiger partial charge in [0.05, 0.1) is 36.0 Å². The minimum atomic E-state index is -0.489. The van der Waals surface area contributed by atoms with Crippen molar-refractivity contribution < 1.29 is 14.4 Å². The summed E-state index contributed by atoms with van der Waals surface area (Å²) in [6, 6.07) is 6.67. The van der Waals surface area contributed by atoms with Crippen LogP contribution < -0.4 is 5.32 Å². The summed E-state index contributed by atoms with van der Waals surface area (Å²) in [5, 5.41) is 23.5. The van der Waals surface area contributed by atoms with Crippen LogP contribution in [0.15, 0.2) is 18.2 Å². The van der Waals surface area contributed by atoms with E-state index in [9.17, 15) is 15.4 Å². The van der Waals surface area contributed by atoms with E-state index < -0.39 is 4.92 Å². The summed E-state index contributed by atoms with van der Waals surface area (Å²) >= 11 is 0. The first kappa shape index (κ1) is 17.6. The third-order valence-corrected chi connectivity index (χ3v) is 4.86. The van der Waals surface area contributed by atoms with Gasteiger partial charge < -0.3 is 14.8 Å².